The van der Waals surface area contributed by atoms with E-state index >= 15 is 0 Å². The molecule has 1 saturated heterocycles. The summed E-state index contributed by atoms with van der Waals surface area (Å²) in [5, 5.41) is 13.6. The second kappa shape index (κ2) is 5.02. The fourth-order valence-corrected chi connectivity index (χ4v) is 2.13. The molecular weight excluding hydrogens is 216 g/mol. The zero-order chi connectivity index (χ0) is 12.3. The van der Waals surface area contributed by atoms with Crippen LogP contribution >= 0.6 is 0 Å². The molecule has 17 heavy (non-hydrogen) atoms. The normalized spacial score (nSPS) is 19.0. The van der Waals surface area contributed by atoms with E-state index in [1.165, 1.54) is 0 Å². The van der Waals surface area contributed by atoms with Crippen molar-refractivity contribution in [1.82, 2.24) is 4.98 Å². The minimum atomic E-state index is -0.636. The van der Waals surface area contributed by atoms with E-state index in [9.17, 15) is 5.11 Å². The Balaban J connectivity index is 1.96. The monoisotopic (exact) mass is 236 g/mol. The van der Waals surface area contributed by atoms with Crippen LogP contribution in [-0.4, -0.2) is 35.5 Å². The van der Waals surface area contributed by atoms with Gasteiger partial charge in [-0.15, -0.1) is 0 Å². The molecule has 0 saturated carbocycles. The third-order valence-corrected chi connectivity index (χ3v) is 3.13. The molecule has 1 fully saturated rings. The van der Waals surface area contributed by atoms with Crippen LogP contribution in [0, 0.1) is 13.8 Å². The Labute approximate surface area is 102 Å². The van der Waals surface area contributed by atoms with Gasteiger partial charge in [0, 0.05) is 49.7 Å². The SMILES string of the molecule is Cc1cc(NCC2(O)CCOCC2)cc(C)n1. The summed E-state index contributed by atoms with van der Waals surface area (Å²) in [5.74, 6) is 0. The number of aromatic nitrogens is 1. The number of hydrogen-bond donors (Lipinski definition) is 2. The first-order chi connectivity index (χ1) is 8.07. The predicted molar refractivity (Wildman–Crippen MR) is 67.2 cm³/mol. The van der Waals surface area contributed by atoms with Crippen LogP contribution in [0.2, 0.25) is 0 Å². The van der Waals surface area contributed by atoms with Gasteiger partial charge in [0.15, 0.2) is 0 Å². The van der Waals surface area contributed by atoms with Gasteiger partial charge in [0.2, 0.25) is 0 Å². The van der Waals surface area contributed by atoms with Crippen LogP contribution in [-0.2, 0) is 4.74 Å². The number of hydrogen-bond acceptors (Lipinski definition) is 4. The molecule has 0 aromatic carbocycles. The highest BCUT2D eigenvalue weighted by atomic mass is 16.5. The summed E-state index contributed by atoms with van der Waals surface area (Å²) in [5.41, 5.74) is 2.37. The molecule has 0 amide bonds. The lowest BCUT2D eigenvalue weighted by atomic mass is 9.94. The summed E-state index contributed by atoms with van der Waals surface area (Å²) < 4.78 is 5.26. The molecule has 2 N–H and O–H groups in total. The summed E-state index contributed by atoms with van der Waals surface area (Å²) >= 11 is 0. The van der Waals surface area contributed by atoms with Gasteiger partial charge in [0.1, 0.15) is 0 Å². The van der Waals surface area contributed by atoms with Crippen molar-refractivity contribution in [3.8, 4) is 0 Å². The first kappa shape index (κ1) is 12.3. The molecular formula is C13H20N2O2. The van der Waals surface area contributed by atoms with Gasteiger partial charge in [0.25, 0.3) is 0 Å². The zero-order valence-corrected chi connectivity index (χ0v) is 10.5. The smallest absolute Gasteiger partial charge is 0.0863 e. The molecule has 1 aliphatic heterocycles. The summed E-state index contributed by atoms with van der Waals surface area (Å²) in [6, 6.07) is 3.99. The standard InChI is InChI=1S/C13H20N2O2/c1-10-7-12(8-11(2)15-10)14-9-13(16)3-5-17-6-4-13/h7-8,16H,3-6,9H2,1-2H3,(H,14,15). The average Bonchev–Trinajstić information content (AvgIpc) is 2.26. The van der Waals surface area contributed by atoms with Gasteiger partial charge in [-0.2, -0.15) is 0 Å². The third kappa shape index (κ3) is 3.41. The van der Waals surface area contributed by atoms with Crippen molar-refractivity contribution in [2.45, 2.75) is 32.3 Å². The Morgan fingerprint density at radius 3 is 2.47 bits per heavy atom. The van der Waals surface area contributed by atoms with Gasteiger partial charge >= 0.3 is 0 Å². The van der Waals surface area contributed by atoms with Crippen LogP contribution in [0.3, 0.4) is 0 Å². The average molecular weight is 236 g/mol. The summed E-state index contributed by atoms with van der Waals surface area (Å²) in [6.07, 6.45) is 1.39. The number of aryl methyl sites for hydroxylation is 2. The number of rotatable bonds is 3. The van der Waals surface area contributed by atoms with Crippen LogP contribution in [0.4, 0.5) is 5.69 Å². The maximum atomic E-state index is 10.3. The predicted octanol–water partition coefficient (Wildman–Crippen LogP) is 1.65. The summed E-state index contributed by atoms with van der Waals surface area (Å²) in [6.45, 7) is 5.81. The van der Waals surface area contributed by atoms with Gasteiger partial charge in [-0.3, -0.25) is 4.98 Å². The van der Waals surface area contributed by atoms with Gasteiger partial charge in [0.05, 0.1) is 5.60 Å². The van der Waals surface area contributed by atoms with E-state index in [2.05, 4.69) is 10.3 Å². The van der Waals surface area contributed by atoms with Crippen LogP contribution < -0.4 is 5.32 Å². The molecule has 1 aromatic rings. The number of ether oxygens (including phenoxy) is 1. The van der Waals surface area contributed by atoms with E-state index < -0.39 is 5.60 Å². The highest BCUT2D eigenvalue weighted by molar-refractivity contribution is 5.45. The molecule has 2 rings (SSSR count). The van der Waals surface area contributed by atoms with Crippen molar-refractivity contribution in [1.29, 1.82) is 0 Å². The Morgan fingerprint density at radius 2 is 1.88 bits per heavy atom. The second-order valence-electron chi connectivity index (χ2n) is 4.83. The third-order valence-electron chi connectivity index (χ3n) is 3.13. The summed E-state index contributed by atoms with van der Waals surface area (Å²) in [7, 11) is 0. The largest absolute Gasteiger partial charge is 0.388 e. The molecule has 0 spiro atoms. The van der Waals surface area contributed by atoms with E-state index in [4.69, 9.17) is 4.74 Å². The fraction of sp³-hybridized carbons (Fsp3) is 0.615. The lowest BCUT2D eigenvalue weighted by Gasteiger charge is -2.32. The first-order valence-corrected chi connectivity index (χ1v) is 6.07. The maximum Gasteiger partial charge on any atom is 0.0863 e. The molecule has 0 unspecified atom stereocenters. The van der Waals surface area contributed by atoms with Crippen molar-refractivity contribution < 1.29 is 9.84 Å². The molecule has 0 bridgehead atoms. The first-order valence-electron chi connectivity index (χ1n) is 6.07. The van der Waals surface area contributed by atoms with E-state index in [0.717, 1.165) is 17.1 Å². The summed E-state index contributed by atoms with van der Waals surface area (Å²) in [4.78, 5) is 4.32. The van der Waals surface area contributed by atoms with Crippen LogP contribution in [0.15, 0.2) is 12.1 Å². The van der Waals surface area contributed by atoms with E-state index in [-0.39, 0.29) is 0 Å². The van der Waals surface area contributed by atoms with Crippen molar-refractivity contribution in [2.75, 3.05) is 25.1 Å². The van der Waals surface area contributed by atoms with Crippen LogP contribution in [0.1, 0.15) is 24.2 Å². The highest BCUT2D eigenvalue weighted by Crippen LogP contribution is 2.21. The Hall–Kier alpha value is -1.13. The molecule has 1 aliphatic rings. The fourth-order valence-electron chi connectivity index (χ4n) is 2.13. The quantitative estimate of drug-likeness (QED) is 0.838. The minimum Gasteiger partial charge on any atom is -0.388 e. The lowest BCUT2D eigenvalue weighted by Crippen LogP contribution is -2.42. The number of nitrogens with one attached hydrogen (secondary N) is 1. The molecule has 2 heterocycles. The van der Waals surface area contributed by atoms with Crippen LogP contribution in [0.5, 0.6) is 0 Å². The number of nitrogens with zero attached hydrogens (tertiary/aromatic N) is 1. The van der Waals surface area contributed by atoms with Gasteiger partial charge in [-0.1, -0.05) is 0 Å². The Kier molecular flexibility index (Phi) is 3.64. The van der Waals surface area contributed by atoms with Crippen molar-refractivity contribution >= 4 is 5.69 Å². The molecule has 4 nitrogen and oxygen atoms in total. The molecule has 1 aromatic heterocycles. The van der Waals surface area contributed by atoms with Crippen LogP contribution in [0.25, 0.3) is 0 Å². The molecule has 4 heteroatoms. The van der Waals surface area contributed by atoms with Gasteiger partial charge in [-0.05, 0) is 26.0 Å². The number of anilines is 1. The number of aliphatic hydroxyl groups is 1. The lowest BCUT2D eigenvalue weighted by molar-refractivity contribution is -0.0543. The van der Waals surface area contributed by atoms with E-state index in [1.54, 1.807) is 0 Å². The molecule has 0 atom stereocenters. The van der Waals surface area contributed by atoms with Gasteiger partial charge in [-0.25, -0.2) is 0 Å². The maximum absolute atomic E-state index is 10.3. The molecule has 0 radical (unpaired) electrons. The topological polar surface area (TPSA) is 54.4 Å². The van der Waals surface area contributed by atoms with E-state index in [0.29, 0.717) is 32.6 Å². The van der Waals surface area contributed by atoms with Crippen molar-refractivity contribution in [3.63, 3.8) is 0 Å². The second-order valence-corrected chi connectivity index (χ2v) is 4.83. The Morgan fingerprint density at radius 1 is 1.29 bits per heavy atom. The van der Waals surface area contributed by atoms with Crippen molar-refractivity contribution in [2.24, 2.45) is 0 Å². The number of pyridine rings is 1. The Bertz CT molecular complexity index is 367. The van der Waals surface area contributed by atoms with E-state index in [1.807, 2.05) is 26.0 Å². The molecule has 0 aliphatic carbocycles. The minimum absolute atomic E-state index is 0.569. The van der Waals surface area contributed by atoms with Crippen molar-refractivity contribution in [3.05, 3.63) is 23.5 Å². The highest BCUT2D eigenvalue weighted by Gasteiger charge is 2.29. The molecule has 94 valence electrons. The zero-order valence-electron chi connectivity index (χ0n) is 10.5. The van der Waals surface area contributed by atoms with Gasteiger partial charge < -0.3 is 15.2 Å².